The van der Waals surface area contributed by atoms with Crippen LogP contribution in [0.1, 0.15) is 323 Å². The molecule has 0 aromatic heterocycles. The van der Waals surface area contributed by atoms with Gasteiger partial charge in [-0.15, -0.1) is 0 Å². The average Bonchev–Trinajstić information content (AvgIpc) is 1.05. The number of carbonyl (C=O) groups excluding carboxylic acids is 4. The van der Waals surface area contributed by atoms with Gasteiger partial charge in [0.25, 0.3) is 0 Å². The zero-order valence-electron chi connectivity index (χ0n) is 61.7. The van der Waals surface area contributed by atoms with E-state index in [2.05, 4.69) is 113 Å². The molecule has 3 N–H and O–H groups in total. The molecule has 0 amide bonds. The van der Waals surface area contributed by atoms with Gasteiger partial charge in [0.05, 0.1) is 26.4 Å². The quantitative estimate of drug-likeness (QED) is 0.0169. The lowest BCUT2D eigenvalue weighted by atomic mass is 10.0. The number of hydrogen-bond acceptors (Lipinski definition) is 15. The van der Waals surface area contributed by atoms with Crippen molar-refractivity contribution in [2.75, 3.05) is 39.6 Å². The van der Waals surface area contributed by atoms with Crippen molar-refractivity contribution in [3.05, 3.63) is 97.2 Å². The van der Waals surface area contributed by atoms with Gasteiger partial charge in [0.15, 0.2) is 12.2 Å². The van der Waals surface area contributed by atoms with Crippen LogP contribution in [-0.2, 0) is 65.4 Å². The van der Waals surface area contributed by atoms with E-state index in [0.717, 1.165) is 148 Å². The van der Waals surface area contributed by atoms with E-state index >= 15 is 0 Å². The molecule has 0 bridgehead atoms. The molecule has 0 radical (unpaired) electrons. The summed E-state index contributed by atoms with van der Waals surface area (Å²) >= 11 is 0. The van der Waals surface area contributed by atoms with Crippen LogP contribution in [0.15, 0.2) is 97.2 Å². The third kappa shape index (κ3) is 70.4. The molecule has 0 heterocycles. The third-order valence-corrected chi connectivity index (χ3v) is 17.9. The minimum atomic E-state index is -4.99. The summed E-state index contributed by atoms with van der Waals surface area (Å²) in [5.74, 6) is -2.25. The van der Waals surface area contributed by atoms with Crippen molar-refractivity contribution in [3.63, 3.8) is 0 Å². The second-order valence-electron chi connectivity index (χ2n) is 25.6. The molecule has 98 heavy (non-hydrogen) atoms. The van der Waals surface area contributed by atoms with Crippen LogP contribution < -0.4 is 0 Å². The van der Waals surface area contributed by atoms with E-state index in [9.17, 15) is 43.2 Å². The van der Waals surface area contributed by atoms with Gasteiger partial charge in [-0.1, -0.05) is 279 Å². The van der Waals surface area contributed by atoms with Gasteiger partial charge in [0, 0.05) is 25.7 Å². The normalized spacial score (nSPS) is 14.5. The first-order valence-electron chi connectivity index (χ1n) is 38.5. The Hall–Kier alpha value is -4.02. The Morgan fingerprint density at radius 1 is 0.296 bits per heavy atom. The maximum absolute atomic E-state index is 13.1. The summed E-state index contributed by atoms with van der Waals surface area (Å²) in [6, 6.07) is 0. The maximum Gasteiger partial charge on any atom is 0.472 e. The number of allylic oxidation sites excluding steroid dienone is 16. The van der Waals surface area contributed by atoms with Crippen molar-refractivity contribution in [1.82, 2.24) is 0 Å². The lowest BCUT2D eigenvalue weighted by Crippen LogP contribution is -2.30. The van der Waals surface area contributed by atoms with Crippen LogP contribution in [-0.4, -0.2) is 96.7 Å². The second kappa shape index (κ2) is 71.4. The molecule has 0 aliphatic heterocycles. The van der Waals surface area contributed by atoms with Crippen molar-refractivity contribution in [1.29, 1.82) is 0 Å². The van der Waals surface area contributed by atoms with Crippen LogP contribution in [0.25, 0.3) is 0 Å². The highest BCUT2D eigenvalue weighted by atomic mass is 31.2. The van der Waals surface area contributed by atoms with Gasteiger partial charge in [0.2, 0.25) is 0 Å². The Labute approximate surface area is 595 Å². The third-order valence-electron chi connectivity index (χ3n) is 16.0. The zero-order chi connectivity index (χ0) is 71.8. The second-order valence-corrected chi connectivity index (χ2v) is 28.5. The summed E-state index contributed by atoms with van der Waals surface area (Å²) in [7, 11) is -9.96. The van der Waals surface area contributed by atoms with Gasteiger partial charge in [-0.05, 0) is 116 Å². The summed E-state index contributed by atoms with van der Waals surface area (Å²) in [5.41, 5.74) is 0. The van der Waals surface area contributed by atoms with Crippen molar-refractivity contribution in [3.8, 4) is 0 Å². The lowest BCUT2D eigenvalue weighted by molar-refractivity contribution is -0.161. The first-order valence-corrected chi connectivity index (χ1v) is 41.5. The fourth-order valence-corrected chi connectivity index (χ4v) is 11.8. The largest absolute Gasteiger partial charge is 0.472 e. The number of esters is 4. The van der Waals surface area contributed by atoms with E-state index < -0.39 is 97.5 Å². The van der Waals surface area contributed by atoms with E-state index in [1.165, 1.54) is 89.9 Å². The van der Waals surface area contributed by atoms with Crippen molar-refractivity contribution in [2.24, 2.45) is 0 Å². The number of aliphatic hydroxyl groups is 1. The Kier molecular flexibility index (Phi) is 68.4. The van der Waals surface area contributed by atoms with E-state index in [0.29, 0.717) is 32.1 Å². The highest BCUT2D eigenvalue weighted by Gasteiger charge is 2.30. The molecule has 0 aromatic carbocycles. The van der Waals surface area contributed by atoms with Crippen LogP contribution in [0.2, 0.25) is 0 Å². The molecule has 0 aromatic rings. The van der Waals surface area contributed by atoms with Crippen molar-refractivity contribution in [2.45, 2.75) is 341 Å². The minimum Gasteiger partial charge on any atom is -0.462 e. The molecule has 5 atom stereocenters. The van der Waals surface area contributed by atoms with Crippen molar-refractivity contribution >= 4 is 39.5 Å². The summed E-state index contributed by atoms with van der Waals surface area (Å²) in [6.45, 7) is 4.63. The summed E-state index contributed by atoms with van der Waals surface area (Å²) < 4.78 is 68.4. The highest BCUT2D eigenvalue weighted by Crippen LogP contribution is 2.45. The van der Waals surface area contributed by atoms with Crippen LogP contribution >= 0.6 is 15.6 Å². The molecular formula is C79H138O17P2. The van der Waals surface area contributed by atoms with Gasteiger partial charge in [0.1, 0.15) is 19.3 Å². The van der Waals surface area contributed by atoms with Gasteiger partial charge in [-0.25, -0.2) is 9.13 Å². The van der Waals surface area contributed by atoms with Gasteiger partial charge < -0.3 is 33.8 Å². The Bertz CT molecular complexity index is 2240. The molecule has 0 spiro atoms. The fraction of sp³-hybridized carbons (Fsp3) is 0.747. The van der Waals surface area contributed by atoms with Gasteiger partial charge >= 0.3 is 39.5 Å². The van der Waals surface area contributed by atoms with Crippen LogP contribution in [0.3, 0.4) is 0 Å². The average molecular weight is 1420 g/mol. The van der Waals surface area contributed by atoms with Crippen LogP contribution in [0.4, 0.5) is 0 Å². The predicted octanol–water partition coefficient (Wildman–Crippen LogP) is 22.0. The molecular weight excluding hydrogens is 1280 g/mol. The molecule has 0 aliphatic rings. The maximum atomic E-state index is 13.1. The van der Waals surface area contributed by atoms with E-state index in [1.807, 2.05) is 12.2 Å². The first-order chi connectivity index (χ1) is 47.7. The highest BCUT2D eigenvalue weighted by molar-refractivity contribution is 7.47. The first kappa shape index (κ1) is 94.0. The minimum absolute atomic E-state index is 0.0731. The van der Waals surface area contributed by atoms with E-state index in [1.54, 1.807) is 0 Å². The number of hydrogen-bond donors (Lipinski definition) is 3. The number of ether oxygens (including phenoxy) is 4. The molecule has 0 saturated carbocycles. The smallest absolute Gasteiger partial charge is 0.462 e. The molecule has 5 unspecified atom stereocenters. The number of unbranched alkanes of at least 4 members (excludes halogenated alkanes) is 30. The number of aliphatic hydroxyl groups excluding tert-OH is 1. The van der Waals surface area contributed by atoms with Crippen LogP contribution in [0, 0.1) is 0 Å². The zero-order valence-corrected chi connectivity index (χ0v) is 63.5. The summed E-state index contributed by atoms with van der Waals surface area (Å²) in [4.78, 5) is 72.8. The standard InChI is InChI=1S/C79H138O17P2/c1-5-9-13-17-21-25-29-33-35-36-38-41-44-48-52-56-60-64-77(82)90-70-75(96-79(84)66-62-58-54-50-46-42-37-34-30-26-22-18-14-10-6-2)72-94-98(87,88)92-68-73(80)67-91-97(85,86)93-71-74(95-78(83)65-61-57-53-49-45-40-32-28-24-20-16-12-8-4)69-89-76(81)63-59-55-51-47-43-39-31-27-23-19-15-11-7-3/h9,13,15,19,21,25,27,31,33-35,37-38,41,48,52,73-75,80H,5-8,10-12,14,16-18,20,22-24,26,28-30,32,36,39-40,42-47,49-51,53-72H2,1-4H3,(H,85,86)(H,87,88)/b13-9-,19-15-,25-21-,31-27-,35-33-,37-34-,41-38-,52-48-. The lowest BCUT2D eigenvalue weighted by Gasteiger charge is -2.21. The molecule has 566 valence electrons. The predicted molar refractivity (Wildman–Crippen MR) is 399 cm³/mol. The molecule has 19 heteroatoms. The fourth-order valence-electron chi connectivity index (χ4n) is 10.2. The summed E-state index contributed by atoms with van der Waals surface area (Å²) in [5, 5.41) is 10.6. The Morgan fingerprint density at radius 2 is 0.561 bits per heavy atom. The monoisotopic (exact) mass is 1420 g/mol. The van der Waals surface area contributed by atoms with Gasteiger partial charge in [-0.2, -0.15) is 0 Å². The SMILES string of the molecule is CC/C=C\C/C=C\C/C=C\C/C=C\C/C=C\CCCC(=O)OCC(COP(=O)(O)OCC(O)COP(=O)(O)OCC(COC(=O)CCCCCCC/C=C\C/C=C\CCC)OC(=O)CCCCCCCCCCCCCCC)OC(=O)CCCCCCC/C=C\CCCCCCCC. The number of rotatable bonds is 72. The topological polar surface area (TPSA) is 237 Å². The summed E-state index contributed by atoms with van der Waals surface area (Å²) in [6.07, 6.45) is 74.0. The van der Waals surface area contributed by atoms with E-state index in [-0.39, 0.29) is 25.7 Å². The molecule has 0 aliphatic carbocycles. The number of phosphoric acid groups is 2. The number of carbonyl (C=O) groups is 4. The molecule has 0 rings (SSSR count). The Morgan fingerprint density at radius 3 is 0.908 bits per heavy atom. The number of phosphoric ester groups is 2. The molecule has 0 saturated heterocycles. The van der Waals surface area contributed by atoms with Crippen LogP contribution in [0.5, 0.6) is 0 Å². The van der Waals surface area contributed by atoms with Crippen molar-refractivity contribution < 1.29 is 80.2 Å². The van der Waals surface area contributed by atoms with E-state index in [4.69, 9.17) is 37.0 Å². The Balaban J connectivity index is 5.39. The molecule has 0 fully saturated rings. The molecule has 17 nitrogen and oxygen atoms in total. The van der Waals surface area contributed by atoms with Gasteiger partial charge in [-0.3, -0.25) is 37.3 Å².